The van der Waals surface area contributed by atoms with Crippen LogP contribution >= 0.6 is 0 Å². The Morgan fingerprint density at radius 1 is 1.03 bits per heavy atom. The second-order valence-corrected chi connectivity index (χ2v) is 7.26. The summed E-state index contributed by atoms with van der Waals surface area (Å²) in [5, 5.41) is 4.62. The van der Waals surface area contributed by atoms with Crippen LogP contribution in [0.2, 0.25) is 0 Å². The van der Waals surface area contributed by atoms with E-state index in [0.717, 1.165) is 11.3 Å². The van der Waals surface area contributed by atoms with Crippen LogP contribution in [0.3, 0.4) is 0 Å². The second-order valence-electron chi connectivity index (χ2n) is 7.26. The van der Waals surface area contributed by atoms with Gasteiger partial charge in [0.1, 0.15) is 17.0 Å². The van der Waals surface area contributed by atoms with E-state index in [1.807, 2.05) is 30.3 Å². The van der Waals surface area contributed by atoms with Gasteiger partial charge in [-0.3, -0.25) is 25.2 Å². The van der Waals surface area contributed by atoms with E-state index in [9.17, 15) is 14.4 Å². The topological polar surface area (TPSA) is 131 Å². The highest BCUT2D eigenvalue weighted by atomic mass is 16.5. The van der Waals surface area contributed by atoms with Crippen LogP contribution in [0.15, 0.2) is 65.6 Å². The molecular formula is C23H22N6O4. The van der Waals surface area contributed by atoms with Crippen LogP contribution < -0.4 is 21.1 Å². The molecule has 0 unspecified atom stereocenters. The van der Waals surface area contributed by atoms with Crippen LogP contribution in [0.4, 0.5) is 0 Å². The Labute approximate surface area is 188 Å². The number of hydrogen-bond acceptors (Lipinski definition) is 6. The summed E-state index contributed by atoms with van der Waals surface area (Å²) in [5.74, 6) is 0.291. The first-order valence-electron chi connectivity index (χ1n) is 10.3. The minimum Gasteiger partial charge on any atom is -0.497 e. The monoisotopic (exact) mass is 446 g/mol. The van der Waals surface area contributed by atoms with E-state index >= 15 is 0 Å². The molecule has 0 atom stereocenters. The molecule has 2 amide bonds. The first-order valence-corrected chi connectivity index (χ1v) is 10.3. The van der Waals surface area contributed by atoms with Crippen molar-refractivity contribution in [3.05, 3.63) is 82.5 Å². The molecule has 4 aromatic rings. The Hall–Kier alpha value is -4.47. The Bertz CT molecular complexity index is 1330. The molecule has 168 valence electrons. The van der Waals surface area contributed by atoms with Gasteiger partial charge in [0.15, 0.2) is 5.65 Å². The lowest BCUT2D eigenvalue weighted by atomic mass is 10.1. The van der Waals surface area contributed by atoms with Gasteiger partial charge in [0.25, 0.3) is 5.56 Å². The fraction of sp³-hybridized carbons (Fsp3) is 0.174. The van der Waals surface area contributed by atoms with Gasteiger partial charge in [0.2, 0.25) is 11.8 Å². The van der Waals surface area contributed by atoms with Gasteiger partial charge < -0.3 is 9.72 Å². The first-order chi connectivity index (χ1) is 16.0. The number of methoxy groups -OCH3 is 1. The molecule has 0 saturated carbocycles. The summed E-state index contributed by atoms with van der Waals surface area (Å²) in [4.78, 5) is 43.8. The average molecular weight is 446 g/mol. The smallest absolute Gasteiger partial charge is 0.262 e. The summed E-state index contributed by atoms with van der Waals surface area (Å²) in [7, 11) is 1.57. The van der Waals surface area contributed by atoms with E-state index in [0.29, 0.717) is 22.6 Å². The summed E-state index contributed by atoms with van der Waals surface area (Å²) in [6.07, 6.45) is 1.78. The third kappa shape index (κ3) is 5.24. The lowest BCUT2D eigenvalue weighted by molar-refractivity contribution is -0.128. The number of carbonyl (C=O) groups is 2. The highest BCUT2D eigenvalue weighted by Gasteiger charge is 2.13. The minimum absolute atomic E-state index is 0.0245. The maximum absolute atomic E-state index is 12.4. The van der Waals surface area contributed by atoms with Crippen LogP contribution in [0, 0.1) is 0 Å². The number of ether oxygens (including phenoxy) is 1. The summed E-state index contributed by atoms with van der Waals surface area (Å²) in [5.41, 5.74) is 6.41. The molecule has 2 heterocycles. The SMILES string of the molecule is COc1ccc(CC(=O)NNC(=O)CCc2nc3c(cnn3-c3ccccc3)c(=O)[nH]2)cc1. The Morgan fingerprint density at radius 2 is 1.76 bits per heavy atom. The first kappa shape index (κ1) is 21.8. The predicted octanol–water partition coefficient (Wildman–Crippen LogP) is 1.44. The fourth-order valence-corrected chi connectivity index (χ4v) is 3.25. The van der Waals surface area contributed by atoms with Crippen LogP contribution in [0.25, 0.3) is 16.7 Å². The molecule has 2 aromatic carbocycles. The van der Waals surface area contributed by atoms with Gasteiger partial charge >= 0.3 is 0 Å². The van der Waals surface area contributed by atoms with Crippen molar-refractivity contribution in [1.29, 1.82) is 0 Å². The van der Waals surface area contributed by atoms with E-state index in [-0.39, 0.29) is 30.7 Å². The molecule has 10 nitrogen and oxygen atoms in total. The van der Waals surface area contributed by atoms with Crippen molar-refractivity contribution < 1.29 is 14.3 Å². The van der Waals surface area contributed by atoms with Gasteiger partial charge in [0.05, 0.1) is 25.4 Å². The van der Waals surface area contributed by atoms with Gasteiger partial charge in [-0.2, -0.15) is 5.10 Å². The number of H-pyrrole nitrogens is 1. The van der Waals surface area contributed by atoms with E-state index in [4.69, 9.17) is 4.74 Å². The number of para-hydroxylation sites is 1. The van der Waals surface area contributed by atoms with Crippen LogP contribution in [0.1, 0.15) is 17.8 Å². The molecule has 0 aliphatic rings. The van der Waals surface area contributed by atoms with E-state index in [2.05, 4.69) is 25.9 Å². The minimum atomic E-state index is -0.405. The lowest BCUT2D eigenvalue weighted by Crippen LogP contribution is -2.42. The van der Waals surface area contributed by atoms with Crippen molar-refractivity contribution in [3.63, 3.8) is 0 Å². The maximum Gasteiger partial charge on any atom is 0.262 e. The molecule has 3 N–H and O–H groups in total. The normalized spacial score (nSPS) is 10.7. The molecule has 0 aliphatic heterocycles. The largest absolute Gasteiger partial charge is 0.497 e. The van der Waals surface area contributed by atoms with Crippen LogP contribution in [-0.4, -0.2) is 38.7 Å². The van der Waals surface area contributed by atoms with Gasteiger partial charge in [-0.25, -0.2) is 9.67 Å². The number of benzene rings is 2. The average Bonchev–Trinajstić information content (AvgIpc) is 3.27. The number of carbonyl (C=O) groups excluding carboxylic acids is 2. The predicted molar refractivity (Wildman–Crippen MR) is 121 cm³/mol. The molecule has 0 aliphatic carbocycles. The zero-order chi connectivity index (χ0) is 23.2. The molecule has 0 saturated heterocycles. The standard InChI is InChI=1S/C23H22N6O4/c1-33-17-9-7-15(8-10-17)13-21(31)28-27-20(30)12-11-19-25-22-18(23(32)26-19)14-24-29(22)16-5-3-2-4-6-16/h2-10,14H,11-13H2,1H3,(H,27,30)(H,28,31)(H,25,26,32). The highest BCUT2D eigenvalue weighted by molar-refractivity contribution is 5.83. The molecule has 0 radical (unpaired) electrons. The molecule has 33 heavy (non-hydrogen) atoms. The zero-order valence-electron chi connectivity index (χ0n) is 17.9. The number of amides is 2. The van der Waals surface area contributed by atoms with Crippen molar-refractivity contribution in [2.24, 2.45) is 0 Å². The van der Waals surface area contributed by atoms with Crippen molar-refractivity contribution in [2.75, 3.05) is 7.11 Å². The Morgan fingerprint density at radius 3 is 2.48 bits per heavy atom. The van der Waals surface area contributed by atoms with E-state index in [1.165, 1.54) is 6.20 Å². The zero-order valence-corrected chi connectivity index (χ0v) is 17.9. The molecule has 2 aromatic heterocycles. The highest BCUT2D eigenvalue weighted by Crippen LogP contribution is 2.14. The second kappa shape index (κ2) is 9.77. The van der Waals surface area contributed by atoms with Crippen molar-refractivity contribution in [2.45, 2.75) is 19.3 Å². The van der Waals surface area contributed by atoms with Gasteiger partial charge in [-0.15, -0.1) is 0 Å². The molecule has 10 heteroatoms. The molecule has 4 rings (SSSR count). The third-order valence-electron chi connectivity index (χ3n) is 4.94. The Kier molecular flexibility index (Phi) is 6.44. The number of nitrogens with zero attached hydrogens (tertiary/aromatic N) is 3. The lowest BCUT2D eigenvalue weighted by Gasteiger charge is -2.08. The fourth-order valence-electron chi connectivity index (χ4n) is 3.25. The number of aromatic amines is 1. The van der Waals surface area contributed by atoms with Gasteiger partial charge in [-0.1, -0.05) is 30.3 Å². The summed E-state index contributed by atoms with van der Waals surface area (Å²) in [6.45, 7) is 0. The van der Waals surface area contributed by atoms with Crippen molar-refractivity contribution in [3.8, 4) is 11.4 Å². The number of hydrazine groups is 1. The summed E-state index contributed by atoms with van der Waals surface area (Å²) >= 11 is 0. The molecule has 0 fully saturated rings. The maximum atomic E-state index is 12.4. The van der Waals surface area contributed by atoms with Crippen molar-refractivity contribution >= 4 is 22.8 Å². The number of hydrogen-bond donors (Lipinski definition) is 3. The van der Waals surface area contributed by atoms with Crippen LogP contribution in [0.5, 0.6) is 5.75 Å². The molecular weight excluding hydrogens is 424 g/mol. The summed E-state index contributed by atoms with van der Waals surface area (Å²) in [6, 6.07) is 16.4. The van der Waals surface area contributed by atoms with E-state index < -0.39 is 5.91 Å². The van der Waals surface area contributed by atoms with E-state index in [1.54, 1.807) is 36.1 Å². The number of aryl methyl sites for hydroxylation is 1. The molecule has 0 spiro atoms. The number of rotatable bonds is 7. The number of nitrogens with one attached hydrogen (secondary N) is 3. The number of aromatic nitrogens is 4. The van der Waals surface area contributed by atoms with Crippen molar-refractivity contribution in [1.82, 2.24) is 30.6 Å². The summed E-state index contributed by atoms with van der Waals surface area (Å²) < 4.78 is 6.66. The van der Waals surface area contributed by atoms with Gasteiger partial charge in [-0.05, 0) is 29.8 Å². The quantitative estimate of drug-likeness (QED) is 0.368. The Balaban J connectivity index is 1.34. The third-order valence-corrected chi connectivity index (χ3v) is 4.94. The van der Waals surface area contributed by atoms with Crippen LogP contribution in [-0.2, 0) is 22.4 Å². The number of fused-ring (bicyclic) bond motifs is 1. The van der Waals surface area contributed by atoms with Gasteiger partial charge in [0, 0.05) is 12.8 Å². The molecule has 0 bridgehead atoms.